The first kappa shape index (κ1) is 18.5. The molecule has 0 heterocycles. The summed E-state index contributed by atoms with van der Waals surface area (Å²) < 4.78 is 5.51. The summed E-state index contributed by atoms with van der Waals surface area (Å²) >= 11 is 0. The Morgan fingerprint density at radius 3 is 2.32 bits per heavy atom. The van der Waals surface area contributed by atoms with E-state index < -0.39 is 11.4 Å². The summed E-state index contributed by atoms with van der Waals surface area (Å²) in [7, 11) is 0. The lowest BCUT2D eigenvalue weighted by Crippen LogP contribution is -2.30. The molecule has 2 aromatic rings. The summed E-state index contributed by atoms with van der Waals surface area (Å²) in [6, 6.07) is 12.4. The van der Waals surface area contributed by atoms with Crippen molar-refractivity contribution in [1.82, 2.24) is 0 Å². The zero-order valence-corrected chi connectivity index (χ0v) is 14.9. The highest BCUT2D eigenvalue weighted by Crippen LogP contribution is 2.21. The quantitative estimate of drug-likeness (QED) is 0.831. The molecule has 1 amide bonds. The minimum absolute atomic E-state index is 0.0519. The van der Waals surface area contributed by atoms with E-state index in [0.29, 0.717) is 11.3 Å². The third kappa shape index (κ3) is 4.59. The molecule has 5 heteroatoms. The summed E-state index contributed by atoms with van der Waals surface area (Å²) in [6.45, 7) is 7.21. The number of aryl methyl sites for hydroxylation is 1. The van der Waals surface area contributed by atoms with Gasteiger partial charge in [0.05, 0.1) is 5.41 Å². The van der Waals surface area contributed by atoms with Gasteiger partial charge < -0.3 is 15.2 Å². The van der Waals surface area contributed by atoms with Crippen LogP contribution in [0.4, 0.5) is 5.69 Å². The molecule has 5 nitrogen and oxygen atoms in total. The lowest BCUT2D eigenvalue weighted by molar-refractivity contribution is -0.148. The largest absolute Gasteiger partial charge is 0.492 e. The van der Waals surface area contributed by atoms with Gasteiger partial charge in [-0.2, -0.15) is 0 Å². The van der Waals surface area contributed by atoms with Crippen molar-refractivity contribution in [1.29, 1.82) is 0 Å². The normalized spacial score (nSPS) is 11.0. The molecule has 132 valence electrons. The van der Waals surface area contributed by atoms with Gasteiger partial charge in [-0.15, -0.1) is 0 Å². The maximum absolute atomic E-state index is 12.4. The van der Waals surface area contributed by atoms with Crippen molar-refractivity contribution in [3.05, 3.63) is 59.2 Å². The predicted molar refractivity (Wildman–Crippen MR) is 97.2 cm³/mol. The van der Waals surface area contributed by atoms with Crippen molar-refractivity contribution in [3.8, 4) is 5.75 Å². The van der Waals surface area contributed by atoms with Crippen molar-refractivity contribution < 1.29 is 19.4 Å². The van der Waals surface area contributed by atoms with Crippen molar-refractivity contribution in [2.24, 2.45) is 5.41 Å². The highest BCUT2D eigenvalue weighted by atomic mass is 16.5. The molecule has 25 heavy (non-hydrogen) atoms. The first-order valence-electron chi connectivity index (χ1n) is 8.04. The van der Waals surface area contributed by atoms with Gasteiger partial charge in [-0.05, 0) is 69.2 Å². The van der Waals surface area contributed by atoms with Crippen molar-refractivity contribution in [2.45, 2.75) is 27.7 Å². The highest BCUT2D eigenvalue weighted by Gasteiger charge is 2.28. The van der Waals surface area contributed by atoms with Crippen LogP contribution in [0.1, 0.15) is 35.3 Å². The SMILES string of the molecule is Cc1cccc(NC(=O)c2ccc(OCC(C)(C)C(=O)O)cc2)c1C. The van der Waals surface area contributed by atoms with E-state index in [1.165, 1.54) is 0 Å². The molecule has 0 spiro atoms. The Morgan fingerprint density at radius 1 is 1.08 bits per heavy atom. The molecule has 0 radical (unpaired) electrons. The fourth-order valence-electron chi connectivity index (χ4n) is 2.11. The molecule has 0 aromatic heterocycles. The number of carboxylic acid groups (broad SMARTS) is 1. The zero-order chi connectivity index (χ0) is 18.6. The lowest BCUT2D eigenvalue weighted by atomic mass is 9.95. The summed E-state index contributed by atoms with van der Waals surface area (Å²) in [5.74, 6) is -0.597. The van der Waals surface area contributed by atoms with Crippen LogP contribution in [0.2, 0.25) is 0 Å². The lowest BCUT2D eigenvalue weighted by Gasteiger charge is -2.19. The molecule has 0 aliphatic carbocycles. The molecule has 0 fully saturated rings. The Hall–Kier alpha value is -2.82. The van der Waals surface area contributed by atoms with Gasteiger partial charge in [-0.3, -0.25) is 9.59 Å². The number of hydrogen-bond acceptors (Lipinski definition) is 3. The second-order valence-corrected chi connectivity index (χ2v) is 6.70. The molecule has 0 unspecified atom stereocenters. The topological polar surface area (TPSA) is 75.6 Å². The summed E-state index contributed by atoms with van der Waals surface area (Å²) in [6.07, 6.45) is 0. The van der Waals surface area contributed by atoms with Gasteiger partial charge in [0.1, 0.15) is 12.4 Å². The standard InChI is InChI=1S/C20H23NO4/c1-13-6-5-7-17(14(13)2)21-18(22)15-8-10-16(11-9-15)25-12-20(3,4)19(23)24/h5-11H,12H2,1-4H3,(H,21,22)(H,23,24). The van der Waals surface area contributed by atoms with E-state index in [-0.39, 0.29) is 12.5 Å². The smallest absolute Gasteiger partial charge is 0.312 e. The number of ether oxygens (including phenoxy) is 1. The number of carbonyl (C=O) groups is 2. The van der Waals surface area contributed by atoms with E-state index in [1.807, 2.05) is 32.0 Å². The number of anilines is 1. The molecule has 0 saturated heterocycles. The van der Waals surface area contributed by atoms with Gasteiger partial charge in [-0.1, -0.05) is 12.1 Å². The first-order valence-corrected chi connectivity index (χ1v) is 8.04. The summed E-state index contributed by atoms with van der Waals surface area (Å²) in [4.78, 5) is 23.4. The first-order chi connectivity index (χ1) is 11.7. The number of carbonyl (C=O) groups excluding carboxylic acids is 1. The Bertz CT molecular complexity index is 779. The monoisotopic (exact) mass is 341 g/mol. The fourth-order valence-corrected chi connectivity index (χ4v) is 2.11. The van der Waals surface area contributed by atoms with Crippen LogP contribution in [0, 0.1) is 19.3 Å². The van der Waals surface area contributed by atoms with E-state index in [9.17, 15) is 9.59 Å². The van der Waals surface area contributed by atoms with Gasteiger partial charge in [0.15, 0.2) is 0 Å². The van der Waals surface area contributed by atoms with Crippen LogP contribution in [-0.2, 0) is 4.79 Å². The molecular formula is C20H23NO4. The number of rotatable bonds is 6. The Labute approximate surface area is 147 Å². The molecule has 0 aliphatic rings. The Morgan fingerprint density at radius 2 is 1.72 bits per heavy atom. The van der Waals surface area contributed by atoms with Crippen LogP contribution in [0.25, 0.3) is 0 Å². The zero-order valence-electron chi connectivity index (χ0n) is 14.9. The summed E-state index contributed by atoms with van der Waals surface area (Å²) in [5.41, 5.74) is 2.47. The minimum Gasteiger partial charge on any atom is -0.492 e. The maximum atomic E-state index is 12.4. The molecule has 2 aromatic carbocycles. The fraction of sp³-hybridized carbons (Fsp3) is 0.300. The molecule has 0 bridgehead atoms. The average Bonchev–Trinajstić information content (AvgIpc) is 2.57. The number of benzene rings is 2. The second-order valence-electron chi connectivity index (χ2n) is 6.70. The van der Waals surface area contributed by atoms with Crippen molar-refractivity contribution in [2.75, 3.05) is 11.9 Å². The molecule has 0 saturated carbocycles. The van der Waals surface area contributed by atoms with Gasteiger partial charge in [0, 0.05) is 11.3 Å². The van der Waals surface area contributed by atoms with Crippen LogP contribution in [0.3, 0.4) is 0 Å². The Kier molecular flexibility index (Phi) is 5.47. The number of carboxylic acids is 1. The molecular weight excluding hydrogens is 318 g/mol. The number of hydrogen-bond donors (Lipinski definition) is 2. The predicted octanol–water partition coefficient (Wildman–Crippen LogP) is 4.05. The molecule has 2 rings (SSSR count). The molecule has 2 N–H and O–H groups in total. The number of aliphatic carboxylic acids is 1. The highest BCUT2D eigenvalue weighted by molar-refractivity contribution is 6.04. The van der Waals surface area contributed by atoms with Crippen LogP contribution in [-0.4, -0.2) is 23.6 Å². The van der Waals surface area contributed by atoms with E-state index in [0.717, 1.165) is 16.8 Å². The third-order valence-corrected chi connectivity index (χ3v) is 4.15. The van der Waals surface area contributed by atoms with E-state index in [4.69, 9.17) is 9.84 Å². The van der Waals surface area contributed by atoms with Crippen molar-refractivity contribution in [3.63, 3.8) is 0 Å². The van der Waals surface area contributed by atoms with Gasteiger partial charge in [0.25, 0.3) is 5.91 Å². The van der Waals surface area contributed by atoms with Gasteiger partial charge >= 0.3 is 5.97 Å². The second kappa shape index (κ2) is 7.38. The van der Waals surface area contributed by atoms with Crippen LogP contribution in [0.15, 0.2) is 42.5 Å². The number of amides is 1. The van der Waals surface area contributed by atoms with Gasteiger partial charge in [-0.25, -0.2) is 0 Å². The summed E-state index contributed by atoms with van der Waals surface area (Å²) in [5, 5.41) is 12.0. The minimum atomic E-state index is -0.973. The average molecular weight is 341 g/mol. The van der Waals surface area contributed by atoms with Crippen LogP contribution >= 0.6 is 0 Å². The molecule has 0 atom stereocenters. The third-order valence-electron chi connectivity index (χ3n) is 4.15. The van der Waals surface area contributed by atoms with Gasteiger partial charge in [0.2, 0.25) is 0 Å². The van der Waals surface area contributed by atoms with E-state index >= 15 is 0 Å². The van der Waals surface area contributed by atoms with Crippen LogP contribution < -0.4 is 10.1 Å². The van der Waals surface area contributed by atoms with E-state index in [1.54, 1.807) is 38.1 Å². The molecule has 0 aliphatic heterocycles. The van der Waals surface area contributed by atoms with E-state index in [2.05, 4.69) is 5.32 Å². The van der Waals surface area contributed by atoms with Crippen molar-refractivity contribution >= 4 is 17.6 Å². The number of nitrogens with one attached hydrogen (secondary N) is 1. The Balaban J connectivity index is 2.03. The maximum Gasteiger partial charge on any atom is 0.312 e. The van der Waals surface area contributed by atoms with Crippen LogP contribution in [0.5, 0.6) is 5.75 Å².